The Kier molecular flexibility index (Phi) is 7.38. The average molecular weight is 412 g/mol. The van der Waals surface area contributed by atoms with Gasteiger partial charge >= 0.3 is 0 Å². The minimum absolute atomic E-state index is 0.0469. The molecule has 1 heterocycles. The van der Waals surface area contributed by atoms with E-state index >= 15 is 0 Å². The molecule has 0 aliphatic heterocycles. The number of aliphatic imine (C=N–C) groups is 1. The molecule has 1 aromatic carbocycles. The Morgan fingerprint density at radius 3 is 2.73 bits per heavy atom. The van der Waals surface area contributed by atoms with E-state index in [-0.39, 0.29) is 23.7 Å². The Morgan fingerprint density at radius 1 is 1.23 bits per heavy atom. The molecule has 2 aromatic rings. The van der Waals surface area contributed by atoms with Crippen LogP contribution in [-0.2, 0) is 16.6 Å². The van der Waals surface area contributed by atoms with Crippen molar-refractivity contribution in [3.8, 4) is 0 Å². The standard InChI is InChI=1S/C23H30FN5O/c1-3-25-22(28-17-23(11-12-23)18-7-6-8-19(24)15-18)27-16-21(30)29(2)14-10-20-9-4-5-13-26-20/h4-9,13,15H,3,10-12,14,16-17H2,1-2H3,(H2,25,27,28). The van der Waals surface area contributed by atoms with Crippen molar-refractivity contribution >= 4 is 11.9 Å². The summed E-state index contributed by atoms with van der Waals surface area (Å²) in [6, 6.07) is 12.6. The summed E-state index contributed by atoms with van der Waals surface area (Å²) >= 11 is 0. The molecule has 2 N–H and O–H groups in total. The number of rotatable bonds is 9. The minimum Gasteiger partial charge on any atom is -0.357 e. The van der Waals surface area contributed by atoms with E-state index in [0.717, 1.165) is 24.1 Å². The summed E-state index contributed by atoms with van der Waals surface area (Å²) in [6.45, 7) is 4.00. The summed E-state index contributed by atoms with van der Waals surface area (Å²) in [5, 5.41) is 6.51. The van der Waals surface area contributed by atoms with Gasteiger partial charge in [-0.25, -0.2) is 9.38 Å². The molecule has 1 aliphatic carbocycles. The van der Waals surface area contributed by atoms with Gasteiger partial charge in [0, 0.05) is 50.4 Å². The van der Waals surface area contributed by atoms with Crippen LogP contribution in [0.5, 0.6) is 0 Å². The summed E-state index contributed by atoms with van der Waals surface area (Å²) in [4.78, 5) is 22.9. The van der Waals surface area contributed by atoms with E-state index < -0.39 is 0 Å². The number of hydrogen-bond donors (Lipinski definition) is 2. The second-order valence-electron chi connectivity index (χ2n) is 7.73. The molecule has 1 aromatic heterocycles. The lowest BCUT2D eigenvalue weighted by Crippen LogP contribution is -2.42. The van der Waals surface area contributed by atoms with Crippen LogP contribution in [0.15, 0.2) is 53.7 Å². The zero-order valence-electron chi connectivity index (χ0n) is 17.7. The van der Waals surface area contributed by atoms with Crippen LogP contribution in [0.4, 0.5) is 4.39 Å². The molecule has 0 spiro atoms. The Labute approximate surface area is 177 Å². The van der Waals surface area contributed by atoms with Crippen LogP contribution < -0.4 is 10.6 Å². The van der Waals surface area contributed by atoms with Crippen LogP contribution in [0.3, 0.4) is 0 Å². The number of hydrogen-bond acceptors (Lipinski definition) is 3. The van der Waals surface area contributed by atoms with Crippen molar-refractivity contribution in [3.63, 3.8) is 0 Å². The number of nitrogens with one attached hydrogen (secondary N) is 2. The molecule has 1 amide bonds. The van der Waals surface area contributed by atoms with Gasteiger partial charge in [-0.1, -0.05) is 18.2 Å². The van der Waals surface area contributed by atoms with Gasteiger partial charge in [0.25, 0.3) is 0 Å². The van der Waals surface area contributed by atoms with Gasteiger partial charge in [-0.2, -0.15) is 0 Å². The van der Waals surface area contributed by atoms with Crippen LogP contribution in [0.1, 0.15) is 31.0 Å². The number of likely N-dealkylation sites (N-methyl/N-ethyl adjacent to an activating group) is 1. The first kappa shape index (κ1) is 21.7. The van der Waals surface area contributed by atoms with Crippen molar-refractivity contribution in [2.45, 2.75) is 31.6 Å². The molecule has 1 fully saturated rings. The fourth-order valence-corrected chi connectivity index (χ4v) is 3.35. The number of halogens is 1. The SMILES string of the molecule is CCNC(=NCC(=O)N(C)CCc1ccccn1)NCC1(c2cccc(F)c2)CC1. The zero-order chi connectivity index (χ0) is 21.4. The van der Waals surface area contributed by atoms with Crippen LogP contribution >= 0.6 is 0 Å². The number of carbonyl (C=O) groups is 1. The highest BCUT2D eigenvalue weighted by Crippen LogP contribution is 2.47. The van der Waals surface area contributed by atoms with Gasteiger partial charge in [-0.15, -0.1) is 0 Å². The van der Waals surface area contributed by atoms with Gasteiger partial charge in [0.1, 0.15) is 12.4 Å². The molecule has 3 rings (SSSR count). The Bertz CT molecular complexity index is 867. The molecule has 6 nitrogen and oxygen atoms in total. The van der Waals surface area contributed by atoms with Gasteiger partial charge in [0.15, 0.2) is 5.96 Å². The van der Waals surface area contributed by atoms with Crippen LogP contribution in [0, 0.1) is 5.82 Å². The van der Waals surface area contributed by atoms with Gasteiger partial charge in [-0.05, 0) is 49.6 Å². The smallest absolute Gasteiger partial charge is 0.244 e. The largest absolute Gasteiger partial charge is 0.357 e. The van der Waals surface area contributed by atoms with E-state index in [9.17, 15) is 9.18 Å². The van der Waals surface area contributed by atoms with Crippen molar-refractivity contribution < 1.29 is 9.18 Å². The number of amides is 1. The summed E-state index contributed by atoms with van der Waals surface area (Å²) < 4.78 is 13.6. The third-order valence-corrected chi connectivity index (χ3v) is 5.46. The zero-order valence-corrected chi connectivity index (χ0v) is 17.7. The van der Waals surface area contributed by atoms with E-state index in [1.165, 1.54) is 6.07 Å². The van der Waals surface area contributed by atoms with Crippen LogP contribution in [-0.4, -0.2) is 55.0 Å². The van der Waals surface area contributed by atoms with E-state index in [0.29, 0.717) is 32.0 Å². The molecular formula is C23H30FN5O. The first-order chi connectivity index (χ1) is 14.5. The van der Waals surface area contributed by atoms with Gasteiger partial charge < -0.3 is 15.5 Å². The fourth-order valence-electron chi connectivity index (χ4n) is 3.35. The number of nitrogens with zero attached hydrogens (tertiary/aromatic N) is 3. The highest BCUT2D eigenvalue weighted by molar-refractivity contribution is 5.85. The Hall–Kier alpha value is -2.96. The van der Waals surface area contributed by atoms with Crippen LogP contribution in [0.2, 0.25) is 0 Å². The maximum atomic E-state index is 13.6. The molecular weight excluding hydrogens is 381 g/mol. The van der Waals surface area contributed by atoms with Gasteiger partial charge in [0.2, 0.25) is 5.91 Å². The van der Waals surface area contributed by atoms with Crippen molar-refractivity contribution in [1.29, 1.82) is 0 Å². The number of aromatic nitrogens is 1. The fraction of sp³-hybridized carbons (Fsp3) is 0.435. The first-order valence-electron chi connectivity index (χ1n) is 10.4. The van der Waals surface area contributed by atoms with E-state index in [2.05, 4.69) is 20.6 Å². The first-order valence-corrected chi connectivity index (χ1v) is 10.4. The molecule has 7 heteroatoms. The second kappa shape index (κ2) is 10.2. The molecule has 160 valence electrons. The molecule has 0 bridgehead atoms. The van der Waals surface area contributed by atoms with E-state index in [1.807, 2.05) is 31.2 Å². The van der Waals surface area contributed by atoms with Crippen molar-refractivity contribution in [1.82, 2.24) is 20.5 Å². The van der Waals surface area contributed by atoms with Crippen LogP contribution in [0.25, 0.3) is 0 Å². The quantitative estimate of drug-likeness (QED) is 0.491. The summed E-state index contributed by atoms with van der Waals surface area (Å²) in [6.07, 6.45) is 4.49. The molecule has 0 saturated heterocycles. The average Bonchev–Trinajstić information content (AvgIpc) is 3.55. The number of carbonyl (C=O) groups excluding carboxylic acids is 1. The normalized spacial score (nSPS) is 14.8. The van der Waals surface area contributed by atoms with Gasteiger partial charge in [-0.3, -0.25) is 9.78 Å². The molecule has 0 atom stereocenters. The highest BCUT2D eigenvalue weighted by Gasteiger charge is 2.44. The van der Waals surface area contributed by atoms with Crippen molar-refractivity contribution in [2.75, 3.05) is 33.2 Å². The van der Waals surface area contributed by atoms with Crippen molar-refractivity contribution in [3.05, 3.63) is 65.7 Å². The molecule has 0 radical (unpaired) electrons. The monoisotopic (exact) mass is 411 g/mol. The molecule has 30 heavy (non-hydrogen) atoms. The second-order valence-corrected chi connectivity index (χ2v) is 7.73. The molecule has 1 saturated carbocycles. The van der Waals surface area contributed by atoms with E-state index in [4.69, 9.17) is 0 Å². The third kappa shape index (κ3) is 6.02. The minimum atomic E-state index is -0.210. The summed E-state index contributed by atoms with van der Waals surface area (Å²) in [5.41, 5.74) is 1.92. The number of pyridine rings is 1. The van der Waals surface area contributed by atoms with Gasteiger partial charge in [0.05, 0.1) is 0 Å². The maximum Gasteiger partial charge on any atom is 0.244 e. The number of benzene rings is 1. The Balaban J connectivity index is 1.52. The van der Waals surface area contributed by atoms with Crippen molar-refractivity contribution in [2.24, 2.45) is 4.99 Å². The predicted octanol–water partition coefficient (Wildman–Crippen LogP) is 2.51. The topological polar surface area (TPSA) is 69.6 Å². The lowest BCUT2D eigenvalue weighted by Gasteiger charge is -2.20. The molecule has 0 unspecified atom stereocenters. The summed E-state index contributed by atoms with van der Waals surface area (Å²) in [7, 11) is 1.78. The molecule has 1 aliphatic rings. The highest BCUT2D eigenvalue weighted by atomic mass is 19.1. The van der Waals surface area contributed by atoms with E-state index in [1.54, 1.807) is 30.3 Å². The predicted molar refractivity (Wildman–Crippen MR) is 117 cm³/mol. The summed E-state index contributed by atoms with van der Waals surface area (Å²) in [5.74, 6) is 0.347. The maximum absolute atomic E-state index is 13.6. The Morgan fingerprint density at radius 2 is 2.07 bits per heavy atom. The number of guanidine groups is 1. The third-order valence-electron chi connectivity index (χ3n) is 5.46. The lowest BCUT2D eigenvalue weighted by molar-refractivity contribution is -0.128. The lowest BCUT2D eigenvalue weighted by atomic mass is 9.96.